The molecule has 0 heterocycles. The lowest BCUT2D eigenvalue weighted by molar-refractivity contribution is 0.0477. The molecule has 1 aliphatic rings. The molecule has 0 atom stereocenters. The van der Waals surface area contributed by atoms with E-state index >= 15 is 0 Å². The third-order valence-electron chi connectivity index (χ3n) is 3.26. The van der Waals surface area contributed by atoms with Crippen molar-refractivity contribution in [3.63, 3.8) is 0 Å². The van der Waals surface area contributed by atoms with Crippen molar-refractivity contribution in [3.05, 3.63) is 28.2 Å². The van der Waals surface area contributed by atoms with Crippen LogP contribution in [0.2, 0.25) is 0 Å². The van der Waals surface area contributed by atoms with Crippen LogP contribution in [0.25, 0.3) is 0 Å². The Morgan fingerprint density at radius 3 is 2.57 bits per heavy atom. The summed E-state index contributed by atoms with van der Waals surface area (Å²) >= 11 is 3.43. The van der Waals surface area contributed by atoms with Gasteiger partial charge in [0.1, 0.15) is 18.0 Å². The van der Waals surface area contributed by atoms with Crippen molar-refractivity contribution in [2.75, 3.05) is 6.61 Å². The summed E-state index contributed by atoms with van der Waals surface area (Å²) in [5, 5.41) is 2.93. The molecule has 5 heteroatoms. The van der Waals surface area contributed by atoms with Crippen molar-refractivity contribution in [2.45, 2.75) is 51.7 Å². The number of aryl methyl sites for hydroxylation is 1. The minimum atomic E-state index is -0.483. The Labute approximate surface area is 134 Å². The SMILES string of the molecule is Cc1cc(Br)ccc1OCC1(NC(=O)OC(C)(C)C)CC1. The van der Waals surface area contributed by atoms with E-state index in [1.165, 1.54) is 0 Å². The number of benzene rings is 1. The molecule has 0 saturated heterocycles. The number of ether oxygens (including phenoxy) is 2. The zero-order chi connectivity index (χ0) is 15.7. The van der Waals surface area contributed by atoms with Crippen molar-refractivity contribution in [3.8, 4) is 5.75 Å². The minimum Gasteiger partial charge on any atom is -0.491 e. The summed E-state index contributed by atoms with van der Waals surface area (Å²) < 4.78 is 12.2. The maximum atomic E-state index is 11.8. The maximum absolute atomic E-state index is 11.8. The van der Waals surface area contributed by atoms with Gasteiger partial charge in [-0.25, -0.2) is 4.79 Å². The van der Waals surface area contributed by atoms with Crippen molar-refractivity contribution < 1.29 is 14.3 Å². The highest BCUT2D eigenvalue weighted by molar-refractivity contribution is 9.10. The van der Waals surface area contributed by atoms with Crippen LogP contribution in [0.4, 0.5) is 4.79 Å². The van der Waals surface area contributed by atoms with Gasteiger partial charge in [-0.3, -0.25) is 0 Å². The smallest absolute Gasteiger partial charge is 0.408 e. The molecule has 1 saturated carbocycles. The normalized spacial score (nSPS) is 16.2. The fourth-order valence-electron chi connectivity index (χ4n) is 1.97. The summed E-state index contributed by atoms with van der Waals surface area (Å²) in [6.07, 6.45) is 1.46. The molecule has 0 bridgehead atoms. The Balaban J connectivity index is 1.89. The van der Waals surface area contributed by atoms with Gasteiger partial charge < -0.3 is 14.8 Å². The standard InChI is InChI=1S/C16H22BrNO3/c1-11-9-12(17)5-6-13(11)20-10-16(7-8-16)18-14(19)21-15(2,3)4/h5-6,9H,7-8,10H2,1-4H3,(H,18,19). The number of rotatable bonds is 4. The molecule has 1 aliphatic carbocycles. The van der Waals surface area contributed by atoms with Crippen LogP contribution >= 0.6 is 15.9 Å². The lowest BCUT2D eigenvalue weighted by Gasteiger charge is -2.23. The third kappa shape index (κ3) is 4.92. The van der Waals surface area contributed by atoms with Crippen LogP contribution in [0.3, 0.4) is 0 Å². The molecule has 0 spiro atoms. The summed E-state index contributed by atoms with van der Waals surface area (Å²) in [6.45, 7) is 8.03. The van der Waals surface area contributed by atoms with Crippen LogP contribution in [0.15, 0.2) is 22.7 Å². The molecule has 0 radical (unpaired) electrons. The first-order valence-corrected chi connectivity index (χ1v) is 7.89. The summed E-state index contributed by atoms with van der Waals surface area (Å²) in [5.41, 5.74) is 0.308. The molecule has 1 aromatic carbocycles. The van der Waals surface area contributed by atoms with Gasteiger partial charge in [-0.15, -0.1) is 0 Å². The number of halogens is 1. The molecule has 116 valence electrons. The molecule has 21 heavy (non-hydrogen) atoms. The zero-order valence-corrected chi connectivity index (χ0v) is 14.5. The Kier molecular flexibility index (Phi) is 4.51. The molecular formula is C16H22BrNO3. The fourth-order valence-corrected chi connectivity index (χ4v) is 2.44. The molecule has 0 aliphatic heterocycles. The van der Waals surface area contributed by atoms with Crippen LogP contribution in [0.5, 0.6) is 5.75 Å². The average Bonchev–Trinajstić information content (AvgIpc) is 3.05. The highest BCUT2D eigenvalue weighted by atomic mass is 79.9. The summed E-state index contributed by atoms with van der Waals surface area (Å²) in [7, 11) is 0. The van der Waals surface area contributed by atoms with Crippen LogP contribution in [0, 0.1) is 6.92 Å². The van der Waals surface area contributed by atoms with Gasteiger partial charge in [-0.1, -0.05) is 15.9 Å². The molecule has 1 N–H and O–H groups in total. The molecule has 0 unspecified atom stereocenters. The summed E-state index contributed by atoms with van der Waals surface area (Å²) in [5.74, 6) is 0.843. The molecule has 2 rings (SSSR count). The lowest BCUT2D eigenvalue weighted by Crippen LogP contribution is -2.44. The van der Waals surface area contributed by atoms with E-state index in [0.717, 1.165) is 28.6 Å². The second kappa shape index (κ2) is 5.87. The number of nitrogens with one attached hydrogen (secondary N) is 1. The fraction of sp³-hybridized carbons (Fsp3) is 0.562. The van der Waals surface area contributed by atoms with Crippen molar-refractivity contribution in [1.29, 1.82) is 0 Å². The predicted octanol–water partition coefficient (Wildman–Crippen LogP) is 4.19. The van der Waals surface area contributed by atoms with Gasteiger partial charge in [0.15, 0.2) is 0 Å². The number of hydrogen-bond acceptors (Lipinski definition) is 3. The second-order valence-electron chi connectivity index (χ2n) is 6.61. The summed E-state index contributed by atoms with van der Waals surface area (Å²) in [4.78, 5) is 11.8. The van der Waals surface area contributed by atoms with E-state index in [9.17, 15) is 4.79 Å². The monoisotopic (exact) mass is 355 g/mol. The Morgan fingerprint density at radius 1 is 1.38 bits per heavy atom. The first-order chi connectivity index (χ1) is 9.69. The Bertz CT molecular complexity index is 533. The Morgan fingerprint density at radius 2 is 2.05 bits per heavy atom. The second-order valence-corrected chi connectivity index (χ2v) is 7.52. The molecule has 1 amide bonds. The number of carbonyl (C=O) groups excluding carboxylic acids is 1. The molecule has 1 aromatic rings. The predicted molar refractivity (Wildman–Crippen MR) is 85.7 cm³/mol. The van der Waals surface area contributed by atoms with Gasteiger partial charge in [0, 0.05) is 4.47 Å². The maximum Gasteiger partial charge on any atom is 0.408 e. The van der Waals surface area contributed by atoms with Crippen molar-refractivity contribution in [1.82, 2.24) is 5.32 Å². The van der Waals surface area contributed by atoms with Gasteiger partial charge >= 0.3 is 6.09 Å². The van der Waals surface area contributed by atoms with Gasteiger partial charge in [0.2, 0.25) is 0 Å². The highest BCUT2D eigenvalue weighted by Gasteiger charge is 2.46. The van der Waals surface area contributed by atoms with Crippen LogP contribution in [0.1, 0.15) is 39.2 Å². The first kappa shape index (κ1) is 16.1. The van der Waals surface area contributed by atoms with E-state index in [-0.39, 0.29) is 11.6 Å². The number of alkyl carbamates (subject to hydrolysis) is 1. The van der Waals surface area contributed by atoms with E-state index in [0.29, 0.717) is 6.61 Å². The lowest BCUT2D eigenvalue weighted by atomic mass is 10.2. The molecule has 1 fully saturated rings. The highest BCUT2D eigenvalue weighted by Crippen LogP contribution is 2.36. The van der Waals surface area contributed by atoms with Crippen molar-refractivity contribution >= 4 is 22.0 Å². The van der Waals surface area contributed by atoms with E-state index < -0.39 is 5.60 Å². The number of amides is 1. The van der Waals surface area contributed by atoms with Gasteiger partial charge in [-0.2, -0.15) is 0 Å². The van der Waals surface area contributed by atoms with E-state index in [2.05, 4.69) is 21.2 Å². The van der Waals surface area contributed by atoms with E-state index in [1.54, 1.807) is 0 Å². The zero-order valence-electron chi connectivity index (χ0n) is 13.0. The topological polar surface area (TPSA) is 47.6 Å². The van der Waals surface area contributed by atoms with Gasteiger partial charge in [0.05, 0.1) is 5.54 Å². The molecule has 0 aromatic heterocycles. The van der Waals surface area contributed by atoms with Crippen LogP contribution < -0.4 is 10.1 Å². The average molecular weight is 356 g/mol. The van der Waals surface area contributed by atoms with Crippen LogP contribution in [-0.2, 0) is 4.74 Å². The number of hydrogen-bond donors (Lipinski definition) is 1. The van der Waals surface area contributed by atoms with Crippen LogP contribution in [-0.4, -0.2) is 23.8 Å². The Hall–Kier alpha value is -1.23. The van der Waals surface area contributed by atoms with Gasteiger partial charge in [-0.05, 0) is 64.3 Å². The molecular weight excluding hydrogens is 334 g/mol. The third-order valence-corrected chi connectivity index (χ3v) is 3.75. The van der Waals surface area contributed by atoms with E-state index in [4.69, 9.17) is 9.47 Å². The minimum absolute atomic E-state index is 0.276. The number of carbonyl (C=O) groups is 1. The van der Waals surface area contributed by atoms with E-state index in [1.807, 2.05) is 45.9 Å². The largest absolute Gasteiger partial charge is 0.491 e. The summed E-state index contributed by atoms with van der Waals surface area (Å²) in [6, 6.07) is 5.89. The van der Waals surface area contributed by atoms with Crippen molar-refractivity contribution in [2.24, 2.45) is 0 Å². The quantitative estimate of drug-likeness (QED) is 0.880. The first-order valence-electron chi connectivity index (χ1n) is 7.09. The van der Waals surface area contributed by atoms with Gasteiger partial charge in [0.25, 0.3) is 0 Å². The molecule has 4 nitrogen and oxygen atoms in total.